The minimum absolute atomic E-state index is 0.856. The summed E-state index contributed by atoms with van der Waals surface area (Å²) in [6.45, 7) is 3.28. The molecule has 2 heterocycles. The van der Waals surface area contributed by atoms with Crippen molar-refractivity contribution >= 4 is 21.9 Å². The number of piperidine rings is 1. The lowest BCUT2D eigenvalue weighted by molar-refractivity contribution is 0.375. The van der Waals surface area contributed by atoms with Crippen LogP contribution in [-0.2, 0) is 0 Å². The fraction of sp³-hybridized carbons (Fsp3) is 0.667. The van der Waals surface area contributed by atoms with Gasteiger partial charge in [-0.25, -0.2) is 9.97 Å². The Balaban J connectivity index is 1.84. The van der Waals surface area contributed by atoms with Crippen LogP contribution in [0.3, 0.4) is 0 Å². The van der Waals surface area contributed by atoms with Crippen molar-refractivity contribution in [1.82, 2.24) is 15.3 Å². The monoisotopic (exact) mass is 298 g/mol. The van der Waals surface area contributed by atoms with Gasteiger partial charge in [0.25, 0.3) is 0 Å². The zero-order chi connectivity index (χ0) is 12.1. The molecule has 0 atom stereocenters. The summed E-state index contributed by atoms with van der Waals surface area (Å²) in [5, 5.41) is 3.22. The van der Waals surface area contributed by atoms with Crippen LogP contribution in [0.25, 0.3) is 0 Å². The number of halogens is 1. The van der Waals surface area contributed by atoms with Crippen LogP contribution >= 0.6 is 15.9 Å². The predicted molar refractivity (Wildman–Crippen MR) is 73.2 cm³/mol. The van der Waals surface area contributed by atoms with Crippen LogP contribution in [0.15, 0.2) is 16.9 Å². The molecule has 2 rings (SSSR count). The van der Waals surface area contributed by atoms with Crippen LogP contribution in [0, 0.1) is 5.92 Å². The van der Waals surface area contributed by atoms with Gasteiger partial charge in [0.05, 0.1) is 4.47 Å². The Bertz CT molecular complexity index is 333. The summed E-state index contributed by atoms with van der Waals surface area (Å²) in [4.78, 5) is 11.0. The zero-order valence-electron chi connectivity index (χ0n) is 10.2. The smallest absolute Gasteiger partial charge is 0.225 e. The topological polar surface area (TPSA) is 41.0 Å². The lowest BCUT2D eigenvalue weighted by Crippen LogP contribution is -2.35. The molecule has 1 aromatic heterocycles. The SMILES string of the molecule is CNCCC1CCN(c2ncc(Br)cn2)CC1. The molecule has 0 saturated carbocycles. The van der Waals surface area contributed by atoms with Crippen molar-refractivity contribution in [1.29, 1.82) is 0 Å². The first-order valence-corrected chi connectivity index (χ1v) is 6.96. The van der Waals surface area contributed by atoms with Crippen molar-refractivity contribution < 1.29 is 0 Å². The van der Waals surface area contributed by atoms with Crippen LogP contribution in [0.5, 0.6) is 0 Å². The molecule has 17 heavy (non-hydrogen) atoms. The van der Waals surface area contributed by atoms with Crippen LogP contribution in [0.4, 0.5) is 5.95 Å². The fourth-order valence-corrected chi connectivity index (χ4v) is 2.44. The normalized spacial score (nSPS) is 17.4. The van der Waals surface area contributed by atoms with Crippen molar-refractivity contribution in [2.75, 3.05) is 31.6 Å². The third-order valence-electron chi connectivity index (χ3n) is 3.31. The van der Waals surface area contributed by atoms with Crippen LogP contribution in [-0.4, -0.2) is 36.6 Å². The molecule has 1 aliphatic rings. The molecular weight excluding hydrogens is 280 g/mol. The number of nitrogens with one attached hydrogen (secondary N) is 1. The maximum Gasteiger partial charge on any atom is 0.225 e. The van der Waals surface area contributed by atoms with E-state index in [0.29, 0.717) is 0 Å². The van der Waals surface area contributed by atoms with E-state index in [1.807, 2.05) is 19.4 Å². The maximum absolute atomic E-state index is 4.34. The molecule has 0 aliphatic carbocycles. The molecule has 0 bridgehead atoms. The summed E-state index contributed by atoms with van der Waals surface area (Å²) >= 11 is 3.36. The Labute approximate surface area is 111 Å². The number of rotatable bonds is 4. The minimum Gasteiger partial charge on any atom is -0.341 e. The van der Waals surface area contributed by atoms with Crippen molar-refractivity contribution in [2.45, 2.75) is 19.3 Å². The van der Waals surface area contributed by atoms with Gasteiger partial charge in [0.15, 0.2) is 0 Å². The lowest BCUT2D eigenvalue weighted by Gasteiger charge is -2.31. The number of anilines is 1. The molecular formula is C12H19BrN4. The van der Waals surface area contributed by atoms with Gasteiger partial charge in [-0.3, -0.25) is 0 Å². The summed E-state index contributed by atoms with van der Waals surface area (Å²) in [7, 11) is 2.02. The van der Waals surface area contributed by atoms with E-state index in [1.54, 1.807) is 0 Å². The molecule has 1 saturated heterocycles. The average molecular weight is 299 g/mol. The van der Waals surface area contributed by atoms with Crippen LogP contribution < -0.4 is 10.2 Å². The van der Waals surface area contributed by atoms with E-state index >= 15 is 0 Å². The predicted octanol–water partition coefficient (Wildman–Crippen LogP) is 2.06. The molecule has 0 spiro atoms. The second kappa shape index (κ2) is 6.31. The minimum atomic E-state index is 0.856. The van der Waals surface area contributed by atoms with E-state index in [-0.39, 0.29) is 0 Å². The van der Waals surface area contributed by atoms with Crippen molar-refractivity contribution in [2.24, 2.45) is 5.92 Å². The van der Waals surface area contributed by atoms with Crippen molar-refractivity contribution in [3.8, 4) is 0 Å². The highest BCUT2D eigenvalue weighted by atomic mass is 79.9. The largest absolute Gasteiger partial charge is 0.341 e. The zero-order valence-corrected chi connectivity index (χ0v) is 11.8. The van der Waals surface area contributed by atoms with E-state index < -0.39 is 0 Å². The highest BCUT2D eigenvalue weighted by molar-refractivity contribution is 9.10. The average Bonchev–Trinajstić information content (AvgIpc) is 2.38. The molecule has 0 aromatic carbocycles. The molecule has 4 nitrogen and oxygen atoms in total. The summed E-state index contributed by atoms with van der Waals surface area (Å²) < 4.78 is 0.935. The maximum atomic E-state index is 4.34. The van der Waals surface area contributed by atoms with Gasteiger partial charge in [0.1, 0.15) is 0 Å². The Kier molecular flexibility index (Phi) is 4.74. The number of hydrogen-bond acceptors (Lipinski definition) is 4. The molecule has 5 heteroatoms. The molecule has 0 radical (unpaired) electrons. The highest BCUT2D eigenvalue weighted by Gasteiger charge is 2.20. The van der Waals surface area contributed by atoms with E-state index in [4.69, 9.17) is 0 Å². The summed E-state index contributed by atoms with van der Waals surface area (Å²) in [6.07, 6.45) is 7.42. The summed E-state index contributed by atoms with van der Waals surface area (Å²) in [5.74, 6) is 1.72. The van der Waals surface area contributed by atoms with Gasteiger partial charge in [-0.2, -0.15) is 0 Å². The molecule has 0 amide bonds. The Hall–Kier alpha value is -0.680. The highest BCUT2D eigenvalue weighted by Crippen LogP contribution is 2.22. The quantitative estimate of drug-likeness (QED) is 0.924. The second-order valence-electron chi connectivity index (χ2n) is 4.52. The first kappa shape index (κ1) is 12.8. The third kappa shape index (κ3) is 3.64. The standard InChI is InChI=1S/C12H19BrN4/c1-14-5-2-10-3-6-17(7-4-10)12-15-8-11(13)9-16-12/h8-10,14H,2-7H2,1H3. The Morgan fingerprint density at radius 2 is 2.00 bits per heavy atom. The van der Waals surface area contributed by atoms with Gasteiger partial charge in [-0.1, -0.05) is 0 Å². The van der Waals surface area contributed by atoms with Crippen LogP contribution in [0.2, 0.25) is 0 Å². The van der Waals surface area contributed by atoms with Crippen molar-refractivity contribution in [3.63, 3.8) is 0 Å². The molecule has 94 valence electrons. The number of hydrogen-bond donors (Lipinski definition) is 1. The van der Waals surface area contributed by atoms with Gasteiger partial charge < -0.3 is 10.2 Å². The molecule has 1 aliphatic heterocycles. The molecule has 1 fully saturated rings. The fourth-order valence-electron chi connectivity index (χ4n) is 2.24. The van der Waals surface area contributed by atoms with Crippen LogP contribution in [0.1, 0.15) is 19.3 Å². The first-order chi connectivity index (χ1) is 8.29. The van der Waals surface area contributed by atoms with Gasteiger partial charge in [0, 0.05) is 25.5 Å². The number of nitrogens with zero attached hydrogens (tertiary/aromatic N) is 3. The van der Waals surface area contributed by atoms with Gasteiger partial charge in [0.2, 0.25) is 5.95 Å². The summed E-state index contributed by atoms with van der Waals surface area (Å²) in [6, 6.07) is 0. The van der Waals surface area contributed by atoms with E-state index in [9.17, 15) is 0 Å². The van der Waals surface area contributed by atoms with E-state index in [2.05, 4.69) is 36.1 Å². The molecule has 0 unspecified atom stereocenters. The Morgan fingerprint density at radius 3 is 2.59 bits per heavy atom. The van der Waals surface area contributed by atoms with Crippen molar-refractivity contribution in [3.05, 3.63) is 16.9 Å². The Morgan fingerprint density at radius 1 is 1.35 bits per heavy atom. The third-order valence-corrected chi connectivity index (χ3v) is 3.72. The first-order valence-electron chi connectivity index (χ1n) is 6.16. The molecule has 1 N–H and O–H groups in total. The second-order valence-corrected chi connectivity index (χ2v) is 5.44. The molecule has 1 aromatic rings. The summed E-state index contributed by atoms with van der Waals surface area (Å²) in [5.41, 5.74) is 0. The van der Waals surface area contributed by atoms with E-state index in [0.717, 1.165) is 36.0 Å². The number of aromatic nitrogens is 2. The van der Waals surface area contributed by atoms with Gasteiger partial charge >= 0.3 is 0 Å². The lowest BCUT2D eigenvalue weighted by atomic mass is 9.94. The van der Waals surface area contributed by atoms with Gasteiger partial charge in [-0.05, 0) is 54.7 Å². The van der Waals surface area contributed by atoms with E-state index in [1.165, 1.54) is 19.3 Å². The van der Waals surface area contributed by atoms with Gasteiger partial charge in [-0.15, -0.1) is 0 Å².